The lowest BCUT2D eigenvalue weighted by Crippen LogP contribution is -2.39. The second-order valence-electron chi connectivity index (χ2n) is 6.15. The highest BCUT2D eigenvalue weighted by Crippen LogP contribution is 2.54. The number of carbonyl (C=O) groups is 2. The van der Waals surface area contributed by atoms with Gasteiger partial charge in [-0.3, -0.25) is 14.6 Å². The highest BCUT2D eigenvalue weighted by Gasteiger charge is 2.36. The Bertz CT molecular complexity index is 865. The molecule has 0 N–H and O–H groups in total. The Labute approximate surface area is 180 Å². The summed E-state index contributed by atoms with van der Waals surface area (Å²) in [5.74, 6) is -0.399. The summed E-state index contributed by atoms with van der Waals surface area (Å²) in [6.07, 6.45) is 0. The van der Waals surface area contributed by atoms with Crippen LogP contribution in [0, 0.1) is 6.92 Å². The molecule has 0 bridgehead atoms. The van der Waals surface area contributed by atoms with E-state index in [9.17, 15) is 9.59 Å². The smallest absolute Gasteiger partial charge is 0.341 e. The Hall–Kier alpha value is -1.54. The number of fused-ring (bicyclic) bond motifs is 2. The Morgan fingerprint density at radius 3 is 2.46 bits per heavy atom. The molecule has 8 heteroatoms. The van der Waals surface area contributed by atoms with Gasteiger partial charge in [0.15, 0.2) is 0 Å². The summed E-state index contributed by atoms with van der Waals surface area (Å²) in [6, 6.07) is 7.84. The zero-order chi connectivity index (χ0) is 19.6. The maximum atomic E-state index is 13.3. The van der Waals surface area contributed by atoms with Crippen LogP contribution in [0.5, 0.6) is 0 Å². The first-order valence-electron chi connectivity index (χ1n) is 9.14. The van der Waals surface area contributed by atoms with Crippen LogP contribution in [0.3, 0.4) is 0 Å². The monoisotopic (exact) mass is 440 g/mol. The van der Waals surface area contributed by atoms with E-state index in [-0.39, 0.29) is 24.3 Å². The Morgan fingerprint density at radius 1 is 1.14 bits per heavy atom. The molecule has 152 valence electrons. The van der Waals surface area contributed by atoms with Crippen molar-refractivity contribution >= 4 is 58.8 Å². The third kappa shape index (κ3) is 4.22. The molecule has 28 heavy (non-hydrogen) atoms. The Morgan fingerprint density at radius 2 is 1.82 bits per heavy atom. The highest BCUT2D eigenvalue weighted by atomic mass is 35.5. The molecule has 5 nitrogen and oxygen atoms in total. The number of para-hydroxylation sites is 1. The summed E-state index contributed by atoms with van der Waals surface area (Å²) < 4.78 is 6.24. The fourth-order valence-corrected chi connectivity index (χ4v) is 5.70. The number of aryl methyl sites for hydroxylation is 1. The van der Waals surface area contributed by atoms with Gasteiger partial charge in [0.25, 0.3) is 0 Å². The molecule has 0 aliphatic carbocycles. The molecule has 2 heterocycles. The van der Waals surface area contributed by atoms with E-state index in [4.69, 9.17) is 4.74 Å². The average molecular weight is 441 g/mol. The number of hydrogen-bond acceptors (Lipinski definition) is 6. The highest BCUT2D eigenvalue weighted by molar-refractivity contribution is 8.01. The van der Waals surface area contributed by atoms with Crippen molar-refractivity contribution in [3.63, 3.8) is 0 Å². The molecule has 1 amide bonds. The zero-order valence-electron chi connectivity index (χ0n) is 16.5. The fourth-order valence-electron chi connectivity index (χ4n) is 3.14. The number of amides is 1. The molecule has 0 saturated heterocycles. The topological polar surface area (TPSA) is 49.9 Å². The lowest BCUT2D eigenvalue weighted by Gasteiger charge is -2.31. The standard InChI is InChI=1S/C20H24N2O3S2.ClH/c1-5-21(6-2)12-16(23)22-14-10-8-9-11-15(14)27-20-18(22)17(13(4)26-20)19(24)25-7-3;/h8-11H,5-7,12H2,1-4H3;1H. The average Bonchev–Trinajstić information content (AvgIpc) is 2.99. The van der Waals surface area contributed by atoms with E-state index >= 15 is 0 Å². The van der Waals surface area contributed by atoms with Gasteiger partial charge in [0.05, 0.1) is 34.3 Å². The van der Waals surface area contributed by atoms with Crippen molar-refractivity contribution in [3.8, 4) is 0 Å². The van der Waals surface area contributed by atoms with Crippen LogP contribution in [0.25, 0.3) is 0 Å². The summed E-state index contributed by atoms with van der Waals surface area (Å²) in [5, 5.41) is 0. The molecule has 0 unspecified atom stereocenters. The van der Waals surface area contributed by atoms with Crippen molar-refractivity contribution < 1.29 is 14.3 Å². The van der Waals surface area contributed by atoms with Gasteiger partial charge in [0, 0.05) is 9.77 Å². The van der Waals surface area contributed by atoms with Crippen LogP contribution in [0.15, 0.2) is 33.4 Å². The Balaban J connectivity index is 0.00000280. The number of nitrogens with zero attached hydrogens (tertiary/aromatic N) is 2. The van der Waals surface area contributed by atoms with Crippen LogP contribution in [-0.4, -0.2) is 43.0 Å². The predicted molar refractivity (Wildman–Crippen MR) is 118 cm³/mol. The fraction of sp³-hybridized carbons (Fsp3) is 0.400. The van der Waals surface area contributed by atoms with E-state index in [0.717, 1.165) is 32.8 Å². The third-order valence-electron chi connectivity index (χ3n) is 4.54. The number of rotatable bonds is 6. The maximum absolute atomic E-state index is 13.3. The molecule has 0 spiro atoms. The number of thiophene rings is 1. The lowest BCUT2D eigenvalue weighted by atomic mass is 10.1. The van der Waals surface area contributed by atoms with Crippen molar-refractivity contribution in [1.82, 2.24) is 4.90 Å². The SMILES string of the molecule is CCOC(=O)c1c(C)sc2c1N(C(=O)CN(CC)CC)c1ccccc1S2.Cl. The van der Waals surface area contributed by atoms with Crippen LogP contribution >= 0.6 is 35.5 Å². The van der Waals surface area contributed by atoms with E-state index in [1.165, 1.54) is 0 Å². The van der Waals surface area contributed by atoms with Gasteiger partial charge in [-0.1, -0.05) is 37.7 Å². The van der Waals surface area contributed by atoms with Crippen molar-refractivity contribution in [2.45, 2.75) is 36.8 Å². The first kappa shape index (κ1) is 22.7. The first-order valence-corrected chi connectivity index (χ1v) is 10.8. The van der Waals surface area contributed by atoms with Crippen molar-refractivity contribution in [2.75, 3.05) is 31.1 Å². The van der Waals surface area contributed by atoms with Gasteiger partial charge in [0.1, 0.15) is 0 Å². The minimum absolute atomic E-state index is 0. The van der Waals surface area contributed by atoms with Gasteiger partial charge in [-0.15, -0.1) is 23.7 Å². The van der Waals surface area contributed by atoms with Crippen LogP contribution in [-0.2, 0) is 9.53 Å². The van der Waals surface area contributed by atoms with Gasteiger partial charge in [-0.05, 0) is 39.1 Å². The molecule has 0 fully saturated rings. The van der Waals surface area contributed by atoms with Crippen molar-refractivity contribution in [1.29, 1.82) is 0 Å². The molecule has 1 aromatic carbocycles. The summed E-state index contributed by atoms with van der Waals surface area (Å²) in [5.41, 5.74) is 2.01. The second-order valence-corrected chi connectivity index (χ2v) is 8.69. The minimum atomic E-state index is -0.367. The molecule has 2 aromatic rings. The second kappa shape index (κ2) is 9.78. The molecule has 3 rings (SSSR count). The molecule has 1 aliphatic rings. The largest absolute Gasteiger partial charge is 0.462 e. The molecular weight excluding hydrogens is 416 g/mol. The minimum Gasteiger partial charge on any atom is -0.462 e. The van der Waals surface area contributed by atoms with E-state index in [1.54, 1.807) is 34.9 Å². The van der Waals surface area contributed by atoms with E-state index in [0.29, 0.717) is 24.4 Å². The molecule has 0 atom stereocenters. The van der Waals surface area contributed by atoms with Crippen LogP contribution in [0.4, 0.5) is 11.4 Å². The first-order chi connectivity index (χ1) is 13.0. The van der Waals surface area contributed by atoms with Gasteiger partial charge < -0.3 is 4.74 Å². The van der Waals surface area contributed by atoms with Crippen LogP contribution in [0.1, 0.15) is 36.0 Å². The van der Waals surface area contributed by atoms with E-state index in [1.807, 2.05) is 45.0 Å². The lowest BCUT2D eigenvalue weighted by molar-refractivity contribution is -0.119. The molecule has 1 aromatic heterocycles. The number of ether oxygens (including phenoxy) is 1. The number of esters is 1. The molecule has 1 aliphatic heterocycles. The predicted octanol–water partition coefficient (Wildman–Crippen LogP) is 5.13. The summed E-state index contributed by atoms with van der Waals surface area (Å²) in [6.45, 7) is 10.00. The van der Waals surface area contributed by atoms with Gasteiger partial charge in [-0.25, -0.2) is 4.79 Å². The Kier molecular flexibility index (Phi) is 7.95. The van der Waals surface area contributed by atoms with Gasteiger partial charge in [-0.2, -0.15) is 0 Å². The third-order valence-corrected chi connectivity index (χ3v) is 6.88. The normalized spacial score (nSPS) is 12.2. The summed E-state index contributed by atoms with van der Waals surface area (Å²) >= 11 is 3.15. The maximum Gasteiger partial charge on any atom is 0.341 e. The molecule has 0 saturated carbocycles. The van der Waals surface area contributed by atoms with Crippen molar-refractivity contribution in [2.24, 2.45) is 0 Å². The summed E-state index contributed by atoms with van der Waals surface area (Å²) in [4.78, 5) is 31.7. The van der Waals surface area contributed by atoms with Gasteiger partial charge >= 0.3 is 5.97 Å². The van der Waals surface area contributed by atoms with E-state index in [2.05, 4.69) is 4.90 Å². The number of carbonyl (C=O) groups excluding carboxylic acids is 2. The summed E-state index contributed by atoms with van der Waals surface area (Å²) in [7, 11) is 0. The number of anilines is 2. The van der Waals surface area contributed by atoms with Gasteiger partial charge in [0.2, 0.25) is 5.91 Å². The van der Waals surface area contributed by atoms with Crippen LogP contribution in [0.2, 0.25) is 0 Å². The van der Waals surface area contributed by atoms with E-state index < -0.39 is 0 Å². The molecule has 0 radical (unpaired) electrons. The number of halogens is 1. The number of benzene rings is 1. The zero-order valence-corrected chi connectivity index (χ0v) is 18.9. The molecular formula is C20H25ClN2O3S2. The van der Waals surface area contributed by atoms with Crippen LogP contribution < -0.4 is 4.90 Å². The quantitative estimate of drug-likeness (QED) is 0.583. The number of hydrogen-bond donors (Lipinski definition) is 0. The van der Waals surface area contributed by atoms with Crippen molar-refractivity contribution in [3.05, 3.63) is 34.7 Å². The number of likely N-dealkylation sites (N-methyl/N-ethyl adjacent to an activating group) is 1.